The van der Waals surface area contributed by atoms with Crippen LogP contribution in [0.2, 0.25) is 0 Å². The minimum Gasteiger partial charge on any atom is -0.466 e. The van der Waals surface area contributed by atoms with Crippen LogP contribution in [0.25, 0.3) is 0 Å². The van der Waals surface area contributed by atoms with Crippen molar-refractivity contribution >= 4 is 17.9 Å². The van der Waals surface area contributed by atoms with E-state index in [0.717, 1.165) is 0 Å². The van der Waals surface area contributed by atoms with Crippen LogP contribution in [-0.4, -0.2) is 36.7 Å². The third-order valence-electron chi connectivity index (χ3n) is 2.87. The highest BCUT2D eigenvalue weighted by molar-refractivity contribution is 5.91. The molecule has 0 aliphatic carbocycles. The van der Waals surface area contributed by atoms with Crippen LogP contribution in [0.15, 0.2) is 24.3 Å². The van der Waals surface area contributed by atoms with Crippen molar-refractivity contribution in [1.29, 1.82) is 0 Å². The molecule has 6 heteroatoms. The lowest BCUT2D eigenvalue weighted by Gasteiger charge is -2.18. The van der Waals surface area contributed by atoms with Gasteiger partial charge in [0.05, 0.1) is 18.8 Å². The van der Waals surface area contributed by atoms with Gasteiger partial charge in [-0.1, -0.05) is 11.8 Å². The van der Waals surface area contributed by atoms with Crippen molar-refractivity contribution in [1.82, 2.24) is 0 Å². The summed E-state index contributed by atoms with van der Waals surface area (Å²) in [5, 5.41) is 0. The first-order chi connectivity index (χ1) is 11.8. The SMILES string of the molecule is CCOC(=O)CC(=O)OC(C)(C)C#Cc1ccc(C(=O)OCC)cc1. The largest absolute Gasteiger partial charge is 0.466 e. The fourth-order valence-corrected chi connectivity index (χ4v) is 1.80. The zero-order valence-electron chi connectivity index (χ0n) is 14.9. The molecule has 6 nitrogen and oxygen atoms in total. The molecule has 1 aromatic carbocycles. The molecule has 0 amide bonds. The maximum atomic E-state index is 11.7. The number of hydrogen-bond donors (Lipinski definition) is 0. The molecule has 0 saturated heterocycles. The van der Waals surface area contributed by atoms with E-state index in [-0.39, 0.29) is 6.61 Å². The molecular weight excluding hydrogens is 324 g/mol. The Morgan fingerprint density at radius 2 is 1.56 bits per heavy atom. The Kier molecular flexibility index (Phi) is 7.67. The van der Waals surface area contributed by atoms with Crippen LogP contribution in [-0.2, 0) is 23.8 Å². The summed E-state index contributed by atoms with van der Waals surface area (Å²) in [5.41, 5.74) is 0.0266. The summed E-state index contributed by atoms with van der Waals surface area (Å²) in [6, 6.07) is 6.58. The van der Waals surface area contributed by atoms with E-state index in [1.165, 1.54) is 0 Å². The van der Waals surface area contributed by atoms with Crippen molar-refractivity contribution in [2.45, 2.75) is 39.7 Å². The first-order valence-electron chi connectivity index (χ1n) is 7.95. The number of carbonyl (C=O) groups is 3. The highest BCUT2D eigenvalue weighted by Crippen LogP contribution is 2.11. The molecule has 1 rings (SSSR count). The summed E-state index contributed by atoms with van der Waals surface area (Å²) in [5.74, 6) is 3.97. The average molecular weight is 346 g/mol. The zero-order valence-corrected chi connectivity index (χ0v) is 14.9. The molecule has 0 saturated carbocycles. The molecule has 0 spiro atoms. The molecule has 0 aliphatic heterocycles. The van der Waals surface area contributed by atoms with Crippen molar-refractivity contribution in [3.8, 4) is 11.8 Å². The molecule has 0 atom stereocenters. The van der Waals surface area contributed by atoms with Crippen molar-refractivity contribution in [3.63, 3.8) is 0 Å². The second-order valence-corrected chi connectivity index (χ2v) is 5.51. The molecule has 0 N–H and O–H groups in total. The molecule has 0 unspecified atom stereocenters. The van der Waals surface area contributed by atoms with Gasteiger partial charge < -0.3 is 14.2 Å². The number of carbonyl (C=O) groups excluding carboxylic acids is 3. The fourth-order valence-electron chi connectivity index (χ4n) is 1.80. The van der Waals surface area contributed by atoms with Gasteiger partial charge in [0.15, 0.2) is 5.60 Å². The summed E-state index contributed by atoms with van der Waals surface area (Å²) in [4.78, 5) is 34.5. The maximum Gasteiger partial charge on any atom is 0.338 e. The van der Waals surface area contributed by atoms with Gasteiger partial charge in [-0.3, -0.25) is 9.59 Å². The molecule has 134 valence electrons. The zero-order chi connectivity index (χ0) is 18.9. The lowest BCUT2D eigenvalue weighted by atomic mass is 10.1. The van der Waals surface area contributed by atoms with E-state index in [4.69, 9.17) is 14.2 Å². The summed E-state index contributed by atoms with van der Waals surface area (Å²) in [7, 11) is 0. The van der Waals surface area contributed by atoms with Crippen molar-refractivity contribution in [3.05, 3.63) is 35.4 Å². The third kappa shape index (κ3) is 7.53. The van der Waals surface area contributed by atoms with E-state index in [2.05, 4.69) is 11.8 Å². The average Bonchev–Trinajstić information content (AvgIpc) is 2.53. The van der Waals surface area contributed by atoms with Crippen LogP contribution in [0.4, 0.5) is 0 Å². The molecule has 25 heavy (non-hydrogen) atoms. The molecule has 0 aromatic heterocycles. The van der Waals surface area contributed by atoms with Crippen LogP contribution in [0, 0.1) is 11.8 Å². The van der Waals surface area contributed by atoms with E-state index in [9.17, 15) is 14.4 Å². The minimum absolute atomic E-state index is 0.205. The lowest BCUT2D eigenvalue weighted by Crippen LogP contribution is -2.27. The summed E-state index contributed by atoms with van der Waals surface area (Å²) in [6.45, 7) is 7.16. The molecular formula is C19H22O6. The first-order valence-corrected chi connectivity index (χ1v) is 7.95. The highest BCUT2D eigenvalue weighted by atomic mass is 16.6. The van der Waals surface area contributed by atoms with Crippen LogP contribution in [0.1, 0.15) is 50.0 Å². The van der Waals surface area contributed by atoms with E-state index in [1.807, 2.05) is 0 Å². The number of esters is 3. The highest BCUT2D eigenvalue weighted by Gasteiger charge is 2.22. The third-order valence-corrected chi connectivity index (χ3v) is 2.87. The Hall–Kier alpha value is -2.81. The lowest BCUT2D eigenvalue weighted by molar-refractivity contribution is -0.159. The van der Waals surface area contributed by atoms with E-state index >= 15 is 0 Å². The second-order valence-electron chi connectivity index (χ2n) is 5.51. The Bertz CT molecular complexity index is 676. The summed E-state index contributed by atoms with van der Waals surface area (Å²) in [6.07, 6.45) is -0.451. The van der Waals surface area contributed by atoms with E-state index in [1.54, 1.807) is 52.0 Å². The van der Waals surface area contributed by atoms with Crippen molar-refractivity contribution < 1.29 is 28.6 Å². The molecule has 1 aromatic rings. The van der Waals surface area contributed by atoms with Gasteiger partial charge in [-0.25, -0.2) is 4.79 Å². The first kappa shape index (κ1) is 20.2. The standard InChI is InChI=1S/C19H22O6/c1-5-23-16(20)13-17(21)25-19(3,4)12-11-14-7-9-15(10-8-14)18(22)24-6-2/h7-10H,5-6,13H2,1-4H3. The van der Waals surface area contributed by atoms with Crippen LogP contribution in [0.3, 0.4) is 0 Å². The van der Waals surface area contributed by atoms with Crippen molar-refractivity contribution in [2.75, 3.05) is 13.2 Å². The number of hydrogen-bond acceptors (Lipinski definition) is 6. The van der Waals surface area contributed by atoms with Gasteiger partial charge in [0.25, 0.3) is 0 Å². The van der Waals surface area contributed by atoms with E-state index in [0.29, 0.717) is 17.7 Å². The van der Waals surface area contributed by atoms with Gasteiger partial charge in [-0.15, -0.1) is 0 Å². The van der Waals surface area contributed by atoms with Gasteiger partial charge in [-0.2, -0.15) is 0 Å². The predicted octanol–water partition coefficient (Wildman–Crippen LogP) is 2.49. The normalized spacial score (nSPS) is 10.2. The van der Waals surface area contributed by atoms with Crippen LogP contribution >= 0.6 is 0 Å². The van der Waals surface area contributed by atoms with Gasteiger partial charge in [0.2, 0.25) is 0 Å². The molecule has 0 bridgehead atoms. The Morgan fingerprint density at radius 3 is 2.12 bits per heavy atom. The Balaban J connectivity index is 2.69. The predicted molar refractivity (Wildman–Crippen MR) is 90.7 cm³/mol. The molecule has 0 fully saturated rings. The summed E-state index contributed by atoms with van der Waals surface area (Å²) >= 11 is 0. The monoisotopic (exact) mass is 346 g/mol. The van der Waals surface area contributed by atoms with E-state index < -0.39 is 29.9 Å². The maximum absolute atomic E-state index is 11.7. The summed E-state index contributed by atoms with van der Waals surface area (Å²) < 4.78 is 14.8. The van der Waals surface area contributed by atoms with Gasteiger partial charge in [0.1, 0.15) is 6.42 Å². The number of benzene rings is 1. The minimum atomic E-state index is -1.07. The Morgan fingerprint density at radius 1 is 0.960 bits per heavy atom. The second kappa shape index (κ2) is 9.48. The number of ether oxygens (including phenoxy) is 3. The Labute approximate surface area is 147 Å². The van der Waals surface area contributed by atoms with Gasteiger partial charge >= 0.3 is 17.9 Å². The van der Waals surface area contributed by atoms with Crippen LogP contribution < -0.4 is 0 Å². The molecule has 0 heterocycles. The van der Waals surface area contributed by atoms with Gasteiger partial charge in [-0.05, 0) is 52.0 Å². The smallest absolute Gasteiger partial charge is 0.338 e. The number of rotatable bonds is 6. The topological polar surface area (TPSA) is 78.9 Å². The van der Waals surface area contributed by atoms with Crippen molar-refractivity contribution in [2.24, 2.45) is 0 Å². The fraction of sp³-hybridized carbons (Fsp3) is 0.421. The van der Waals surface area contributed by atoms with Gasteiger partial charge in [0, 0.05) is 5.56 Å². The quantitative estimate of drug-likeness (QED) is 0.341. The molecule has 0 radical (unpaired) electrons. The molecule has 0 aliphatic rings. The van der Waals surface area contributed by atoms with Crippen LogP contribution in [0.5, 0.6) is 0 Å².